The largest absolute Gasteiger partial charge is 0.384 e. The van der Waals surface area contributed by atoms with E-state index in [0.717, 1.165) is 41.3 Å². The molecule has 3 heterocycles. The van der Waals surface area contributed by atoms with Crippen molar-refractivity contribution in [1.82, 2.24) is 14.8 Å². The number of nitrogens with two attached hydrogens (primary N) is 1. The van der Waals surface area contributed by atoms with Gasteiger partial charge in [-0.15, -0.1) is 0 Å². The van der Waals surface area contributed by atoms with Gasteiger partial charge in [-0.05, 0) is 37.1 Å². The quantitative estimate of drug-likeness (QED) is 0.730. The van der Waals surface area contributed by atoms with E-state index < -0.39 is 0 Å². The van der Waals surface area contributed by atoms with E-state index in [0.29, 0.717) is 11.7 Å². The molecule has 0 amide bonds. The Morgan fingerprint density at radius 2 is 1.96 bits per heavy atom. The molecule has 1 saturated heterocycles. The minimum atomic E-state index is 0.541. The van der Waals surface area contributed by atoms with Gasteiger partial charge in [0.05, 0.1) is 11.2 Å². The average Bonchev–Trinajstić information content (AvgIpc) is 3.01. The first kappa shape index (κ1) is 15.4. The maximum absolute atomic E-state index is 6.03. The number of nitrogens with zero attached hydrogens (tertiary/aromatic N) is 4. The third-order valence-electron chi connectivity index (χ3n) is 4.76. The van der Waals surface area contributed by atoms with Crippen LogP contribution in [-0.4, -0.2) is 27.9 Å². The van der Waals surface area contributed by atoms with Crippen molar-refractivity contribution >= 4 is 38.3 Å². The summed E-state index contributed by atoms with van der Waals surface area (Å²) in [5.74, 6) is 1.12. The van der Waals surface area contributed by atoms with Gasteiger partial charge in [0.15, 0.2) is 0 Å². The summed E-state index contributed by atoms with van der Waals surface area (Å²) >= 11 is 3.56. The van der Waals surface area contributed by atoms with E-state index >= 15 is 0 Å². The summed E-state index contributed by atoms with van der Waals surface area (Å²) in [5.41, 5.74) is 9.36. The van der Waals surface area contributed by atoms with E-state index in [1.807, 2.05) is 36.1 Å². The fourth-order valence-electron chi connectivity index (χ4n) is 3.53. The van der Waals surface area contributed by atoms with E-state index in [1.165, 1.54) is 11.4 Å². The molecule has 6 heteroatoms. The molecule has 5 nitrogen and oxygen atoms in total. The van der Waals surface area contributed by atoms with Crippen LogP contribution < -0.4 is 10.6 Å². The zero-order chi connectivity index (χ0) is 16.7. The summed E-state index contributed by atoms with van der Waals surface area (Å²) in [6.45, 7) is 2.01. The first-order valence-corrected chi connectivity index (χ1v) is 9.00. The smallest absolute Gasteiger partial charge is 0.126 e. The molecule has 2 aromatic heterocycles. The number of aryl methyl sites for hydroxylation is 1. The molecular weight excluding hydrogens is 366 g/mol. The second-order valence-electron chi connectivity index (χ2n) is 6.40. The van der Waals surface area contributed by atoms with E-state index in [9.17, 15) is 0 Å². The Morgan fingerprint density at radius 3 is 2.67 bits per heavy atom. The molecule has 1 aliphatic heterocycles. The average molecular weight is 386 g/mol. The highest BCUT2D eigenvalue weighted by atomic mass is 79.9. The molecule has 1 aromatic carbocycles. The Labute approximate surface area is 149 Å². The minimum Gasteiger partial charge on any atom is -0.384 e. The first-order valence-electron chi connectivity index (χ1n) is 8.20. The number of pyridine rings is 1. The third kappa shape index (κ3) is 2.86. The van der Waals surface area contributed by atoms with Gasteiger partial charge in [-0.3, -0.25) is 4.68 Å². The molecule has 124 valence electrons. The lowest BCUT2D eigenvalue weighted by Gasteiger charge is -2.33. The van der Waals surface area contributed by atoms with Gasteiger partial charge in [0.2, 0.25) is 0 Å². The summed E-state index contributed by atoms with van der Waals surface area (Å²) in [7, 11) is 1.97. The predicted octanol–water partition coefficient (Wildman–Crippen LogP) is 3.70. The van der Waals surface area contributed by atoms with E-state index in [4.69, 9.17) is 5.73 Å². The normalized spacial score (nSPS) is 16.0. The number of hydrogen-bond acceptors (Lipinski definition) is 4. The molecular formula is C18H20BrN5. The van der Waals surface area contributed by atoms with Crippen LogP contribution in [0.1, 0.15) is 24.5 Å². The van der Waals surface area contributed by atoms with E-state index in [1.54, 1.807) is 0 Å². The van der Waals surface area contributed by atoms with Crippen molar-refractivity contribution in [3.8, 4) is 0 Å². The lowest BCUT2D eigenvalue weighted by atomic mass is 9.93. The topological polar surface area (TPSA) is 60.0 Å². The molecule has 2 N–H and O–H groups in total. The number of nitrogen functional groups attached to an aromatic ring is 1. The lowest BCUT2D eigenvalue weighted by Crippen LogP contribution is -2.33. The highest BCUT2D eigenvalue weighted by Gasteiger charge is 2.23. The highest BCUT2D eigenvalue weighted by molar-refractivity contribution is 9.10. The molecule has 0 spiro atoms. The van der Waals surface area contributed by atoms with Crippen LogP contribution in [0.25, 0.3) is 10.9 Å². The second-order valence-corrected chi connectivity index (χ2v) is 7.32. The van der Waals surface area contributed by atoms with Gasteiger partial charge in [0.25, 0.3) is 0 Å². The molecule has 0 bridgehead atoms. The number of halogens is 1. The van der Waals surface area contributed by atoms with Gasteiger partial charge in [-0.25, -0.2) is 4.98 Å². The van der Waals surface area contributed by atoms with Crippen LogP contribution in [0.3, 0.4) is 0 Å². The van der Waals surface area contributed by atoms with Gasteiger partial charge in [-0.1, -0.05) is 15.9 Å². The second kappa shape index (κ2) is 6.09. The molecule has 1 fully saturated rings. The van der Waals surface area contributed by atoms with Crippen LogP contribution in [-0.2, 0) is 7.05 Å². The summed E-state index contributed by atoms with van der Waals surface area (Å²) in [4.78, 5) is 6.88. The molecule has 4 rings (SSSR count). The number of benzene rings is 1. The molecule has 0 aliphatic carbocycles. The SMILES string of the molecule is Cn1ccc(C2CCN(c3cc(N)nc4ccc(Br)cc34)CC2)n1. The molecule has 0 radical (unpaired) electrons. The number of anilines is 2. The van der Waals surface area contributed by atoms with Gasteiger partial charge >= 0.3 is 0 Å². The van der Waals surface area contributed by atoms with Crippen LogP contribution >= 0.6 is 15.9 Å². The molecule has 0 unspecified atom stereocenters. The number of rotatable bonds is 2. The molecule has 0 saturated carbocycles. The van der Waals surface area contributed by atoms with Crippen LogP contribution in [0.5, 0.6) is 0 Å². The number of piperidine rings is 1. The van der Waals surface area contributed by atoms with Crippen LogP contribution in [0.15, 0.2) is 41.0 Å². The first-order chi connectivity index (χ1) is 11.6. The van der Waals surface area contributed by atoms with Crippen molar-refractivity contribution in [3.05, 3.63) is 46.7 Å². The van der Waals surface area contributed by atoms with Crippen molar-refractivity contribution in [2.75, 3.05) is 23.7 Å². The number of fused-ring (bicyclic) bond motifs is 1. The third-order valence-corrected chi connectivity index (χ3v) is 5.25. The van der Waals surface area contributed by atoms with Crippen LogP contribution in [0.4, 0.5) is 11.5 Å². The standard InChI is InChI=1S/C18H20BrN5/c1-23-7-6-15(22-23)12-4-8-24(9-5-12)17-11-18(20)21-16-3-2-13(19)10-14(16)17/h2-3,6-7,10-12H,4-5,8-9H2,1H3,(H2,20,21). The monoisotopic (exact) mass is 385 g/mol. The summed E-state index contributed by atoms with van der Waals surface area (Å²) in [6.07, 6.45) is 4.24. The fraction of sp³-hybridized carbons (Fsp3) is 0.333. The Kier molecular flexibility index (Phi) is 3.92. The number of hydrogen-bond donors (Lipinski definition) is 1. The Bertz CT molecular complexity index is 880. The van der Waals surface area contributed by atoms with Crippen molar-refractivity contribution in [3.63, 3.8) is 0 Å². The minimum absolute atomic E-state index is 0.541. The predicted molar refractivity (Wildman–Crippen MR) is 101 cm³/mol. The van der Waals surface area contributed by atoms with Crippen molar-refractivity contribution in [2.24, 2.45) is 7.05 Å². The van der Waals surface area contributed by atoms with Crippen molar-refractivity contribution < 1.29 is 0 Å². The van der Waals surface area contributed by atoms with Crippen molar-refractivity contribution in [2.45, 2.75) is 18.8 Å². The Balaban J connectivity index is 1.61. The zero-order valence-corrected chi connectivity index (χ0v) is 15.2. The lowest BCUT2D eigenvalue weighted by molar-refractivity contribution is 0.492. The molecule has 3 aromatic rings. The molecule has 24 heavy (non-hydrogen) atoms. The van der Waals surface area contributed by atoms with Gasteiger partial charge in [0.1, 0.15) is 5.82 Å². The summed E-state index contributed by atoms with van der Waals surface area (Å²) in [5, 5.41) is 5.72. The Morgan fingerprint density at radius 1 is 1.17 bits per heavy atom. The zero-order valence-electron chi connectivity index (χ0n) is 13.6. The number of aromatic nitrogens is 3. The van der Waals surface area contributed by atoms with Gasteiger partial charge in [0, 0.05) is 53.9 Å². The Hall–Kier alpha value is -2.08. The van der Waals surface area contributed by atoms with Crippen LogP contribution in [0, 0.1) is 0 Å². The highest BCUT2D eigenvalue weighted by Crippen LogP contribution is 2.34. The maximum atomic E-state index is 6.03. The van der Waals surface area contributed by atoms with E-state index in [-0.39, 0.29) is 0 Å². The van der Waals surface area contributed by atoms with E-state index in [2.05, 4.69) is 43.0 Å². The van der Waals surface area contributed by atoms with Gasteiger partial charge < -0.3 is 10.6 Å². The molecule has 1 aliphatic rings. The van der Waals surface area contributed by atoms with Crippen LogP contribution in [0.2, 0.25) is 0 Å². The van der Waals surface area contributed by atoms with Gasteiger partial charge in [-0.2, -0.15) is 5.10 Å². The maximum Gasteiger partial charge on any atom is 0.126 e. The van der Waals surface area contributed by atoms with Crippen molar-refractivity contribution in [1.29, 1.82) is 0 Å². The summed E-state index contributed by atoms with van der Waals surface area (Å²) in [6, 6.07) is 10.3. The molecule has 0 atom stereocenters. The summed E-state index contributed by atoms with van der Waals surface area (Å²) < 4.78 is 2.95. The fourth-order valence-corrected chi connectivity index (χ4v) is 3.89.